The summed E-state index contributed by atoms with van der Waals surface area (Å²) in [4.78, 5) is 16.3. The van der Waals surface area contributed by atoms with Crippen LogP contribution in [0.1, 0.15) is 44.9 Å². The molecule has 1 rings (SSSR count). The van der Waals surface area contributed by atoms with Crippen molar-refractivity contribution < 1.29 is 9.63 Å². The first kappa shape index (κ1) is 16.4. The second-order valence-corrected chi connectivity index (χ2v) is 4.89. The molecule has 0 unspecified atom stereocenters. The fourth-order valence-corrected chi connectivity index (χ4v) is 1.97. The van der Waals surface area contributed by atoms with Crippen LogP contribution in [0.2, 0.25) is 0 Å². The van der Waals surface area contributed by atoms with Gasteiger partial charge in [0.2, 0.25) is 0 Å². The molecule has 0 heterocycles. The molecule has 0 fully saturated rings. The predicted octanol–water partition coefficient (Wildman–Crippen LogP) is 4.51. The molecule has 0 saturated carbocycles. The molecule has 0 aromatic heterocycles. The summed E-state index contributed by atoms with van der Waals surface area (Å²) in [6.45, 7) is 3.71. The minimum absolute atomic E-state index is 0.372. The van der Waals surface area contributed by atoms with Crippen molar-refractivity contribution in [3.05, 3.63) is 43.0 Å². The van der Waals surface area contributed by atoms with Crippen LogP contribution >= 0.6 is 0 Å². The zero-order chi connectivity index (χ0) is 14.5. The van der Waals surface area contributed by atoms with E-state index in [0.717, 1.165) is 37.7 Å². The van der Waals surface area contributed by atoms with E-state index < -0.39 is 0 Å². The zero-order valence-electron chi connectivity index (χ0n) is 12.1. The first-order chi connectivity index (χ1) is 9.86. The molecule has 0 aliphatic rings. The highest BCUT2D eigenvalue weighted by Gasteiger charge is 2.07. The van der Waals surface area contributed by atoms with Crippen molar-refractivity contribution in [2.75, 3.05) is 5.48 Å². The molecule has 0 spiro atoms. The van der Waals surface area contributed by atoms with Gasteiger partial charge in [-0.05, 0) is 31.4 Å². The summed E-state index contributed by atoms with van der Waals surface area (Å²) in [5, 5.41) is 0. The van der Waals surface area contributed by atoms with Crippen molar-refractivity contribution >= 4 is 12.0 Å². The zero-order valence-corrected chi connectivity index (χ0v) is 12.1. The van der Waals surface area contributed by atoms with Crippen molar-refractivity contribution in [1.29, 1.82) is 0 Å². The van der Waals surface area contributed by atoms with Gasteiger partial charge in [-0.1, -0.05) is 50.0 Å². The number of hydrogen-bond acceptors (Lipinski definition) is 3. The highest BCUT2D eigenvalue weighted by Crippen LogP contribution is 2.11. The number of hydrogen-bond donors (Lipinski definition) is 1. The topological polar surface area (TPSA) is 38.3 Å². The lowest BCUT2D eigenvalue weighted by atomic mass is 10.1. The Morgan fingerprint density at radius 3 is 2.50 bits per heavy atom. The maximum Gasteiger partial charge on any atom is 0.151 e. The first-order valence-corrected chi connectivity index (χ1v) is 7.39. The van der Waals surface area contributed by atoms with Crippen LogP contribution in [0.25, 0.3) is 0 Å². The van der Waals surface area contributed by atoms with E-state index >= 15 is 0 Å². The van der Waals surface area contributed by atoms with E-state index in [1.165, 1.54) is 19.3 Å². The molecule has 110 valence electrons. The third-order valence-electron chi connectivity index (χ3n) is 3.15. The number of para-hydroxylation sites is 1. The number of unbranched alkanes of at least 4 members (excludes halogenated alkanes) is 5. The molecule has 0 bridgehead atoms. The van der Waals surface area contributed by atoms with Gasteiger partial charge in [-0.3, -0.25) is 10.3 Å². The summed E-state index contributed by atoms with van der Waals surface area (Å²) in [5.74, 6) is 0. The van der Waals surface area contributed by atoms with Gasteiger partial charge in [0.25, 0.3) is 0 Å². The minimum Gasteiger partial charge on any atom is -0.300 e. The fraction of sp³-hybridized carbons (Fsp3) is 0.471. The van der Waals surface area contributed by atoms with Crippen LogP contribution in [0.4, 0.5) is 5.69 Å². The third kappa shape index (κ3) is 7.74. The van der Waals surface area contributed by atoms with E-state index in [9.17, 15) is 4.79 Å². The smallest absolute Gasteiger partial charge is 0.151 e. The van der Waals surface area contributed by atoms with E-state index in [-0.39, 0.29) is 6.10 Å². The molecule has 3 heteroatoms. The van der Waals surface area contributed by atoms with Gasteiger partial charge in [0, 0.05) is 0 Å². The maximum absolute atomic E-state index is 11.0. The summed E-state index contributed by atoms with van der Waals surface area (Å²) in [7, 11) is 0. The molecule has 1 aromatic rings. The van der Waals surface area contributed by atoms with Gasteiger partial charge in [0.1, 0.15) is 6.10 Å². The van der Waals surface area contributed by atoms with Crippen LogP contribution < -0.4 is 5.48 Å². The molecule has 1 atom stereocenters. The van der Waals surface area contributed by atoms with Crippen LogP contribution in [0, 0.1) is 0 Å². The highest BCUT2D eigenvalue weighted by atomic mass is 16.7. The van der Waals surface area contributed by atoms with Gasteiger partial charge in [-0.25, -0.2) is 0 Å². The molecule has 0 amide bonds. The average Bonchev–Trinajstić information content (AvgIpc) is 2.50. The largest absolute Gasteiger partial charge is 0.300 e. The minimum atomic E-state index is -0.372. The van der Waals surface area contributed by atoms with Gasteiger partial charge in [-0.15, -0.1) is 6.58 Å². The number of benzene rings is 1. The number of rotatable bonds is 12. The SMILES string of the molecule is C=CCCCCCCC[C@H](C=O)ONc1ccccc1. The summed E-state index contributed by atoms with van der Waals surface area (Å²) in [6.07, 6.45) is 10.2. The quantitative estimate of drug-likeness (QED) is 0.264. The van der Waals surface area contributed by atoms with Crippen molar-refractivity contribution in [3.8, 4) is 0 Å². The normalized spacial score (nSPS) is 11.8. The molecule has 3 nitrogen and oxygen atoms in total. The van der Waals surface area contributed by atoms with Crippen molar-refractivity contribution in [3.63, 3.8) is 0 Å². The molecular weight excluding hydrogens is 250 g/mol. The van der Waals surface area contributed by atoms with Crippen LogP contribution in [-0.4, -0.2) is 12.4 Å². The van der Waals surface area contributed by atoms with Crippen molar-refractivity contribution in [2.24, 2.45) is 0 Å². The van der Waals surface area contributed by atoms with Crippen molar-refractivity contribution in [2.45, 2.75) is 51.0 Å². The Morgan fingerprint density at radius 1 is 1.10 bits per heavy atom. The van der Waals surface area contributed by atoms with Gasteiger partial charge >= 0.3 is 0 Å². The Kier molecular flexibility index (Phi) is 9.24. The highest BCUT2D eigenvalue weighted by molar-refractivity contribution is 5.56. The number of nitrogens with one attached hydrogen (secondary N) is 1. The molecule has 1 N–H and O–H groups in total. The Labute approximate surface area is 122 Å². The first-order valence-electron chi connectivity index (χ1n) is 7.39. The number of allylic oxidation sites excluding steroid dienone is 1. The number of carbonyl (C=O) groups is 1. The van der Waals surface area contributed by atoms with E-state index in [1.54, 1.807) is 0 Å². The van der Waals surface area contributed by atoms with E-state index in [1.807, 2.05) is 36.4 Å². The molecule has 20 heavy (non-hydrogen) atoms. The number of carbonyl (C=O) groups excluding carboxylic acids is 1. The molecule has 0 radical (unpaired) electrons. The molecule has 1 aromatic carbocycles. The predicted molar refractivity (Wildman–Crippen MR) is 83.5 cm³/mol. The summed E-state index contributed by atoms with van der Waals surface area (Å²) >= 11 is 0. The number of aldehydes is 1. The lowest BCUT2D eigenvalue weighted by molar-refractivity contribution is -0.116. The van der Waals surface area contributed by atoms with Gasteiger partial charge in [0.05, 0.1) is 5.69 Å². The maximum atomic E-state index is 11.0. The lowest BCUT2D eigenvalue weighted by Gasteiger charge is -2.12. The van der Waals surface area contributed by atoms with Crippen LogP contribution in [-0.2, 0) is 9.63 Å². The van der Waals surface area contributed by atoms with Crippen molar-refractivity contribution in [1.82, 2.24) is 0 Å². The lowest BCUT2D eigenvalue weighted by Crippen LogP contribution is -2.18. The second kappa shape index (κ2) is 11.2. The number of anilines is 1. The molecular formula is C17H25NO2. The average molecular weight is 275 g/mol. The Balaban J connectivity index is 2.07. The van der Waals surface area contributed by atoms with Gasteiger partial charge in [-0.2, -0.15) is 0 Å². The Hall–Kier alpha value is -1.61. The van der Waals surface area contributed by atoms with Crippen LogP contribution in [0.5, 0.6) is 0 Å². The van der Waals surface area contributed by atoms with E-state index in [0.29, 0.717) is 0 Å². The molecule has 0 saturated heterocycles. The van der Waals surface area contributed by atoms with Gasteiger partial charge in [0.15, 0.2) is 6.29 Å². The molecule has 0 aliphatic heterocycles. The second-order valence-electron chi connectivity index (χ2n) is 4.89. The fourth-order valence-electron chi connectivity index (χ4n) is 1.97. The monoisotopic (exact) mass is 275 g/mol. The van der Waals surface area contributed by atoms with Crippen LogP contribution in [0.3, 0.4) is 0 Å². The Morgan fingerprint density at radius 2 is 1.80 bits per heavy atom. The van der Waals surface area contributed by atoms with E-state index in [4.69, 9.17) is 4.84 Å². The standard InChI is InChI=1S/C17H25NO2/c1-2-3-4-5-6-7-11-14-17(15-19)20-18-16-12-9-8-10-13-16/h2,8-10,12-13,15,17-18H,1,3-7,11,14H2/t17-/m1/s1. The summed E-state index contributed by atoms with van der Waals surface area (Å²) < 4.78 is 0. The van der Waals surface area contributed by atoms with Gasteiger partial charge < -0.3 is 4.79 Å². The third-order valence-corrected chi connectivity index (χ3v) is 3.15. The van der Waals surface area contributed by atoms with E-state index in [2.05, 4.69) is 12.1 Å². The summed E-state index contributed by atoms with van der Waals surface area (Å²) in [6, 6.07) is 9.59. The van der Waals surface area contributed by atoms with Crippen LogP contribution in [0.15, 0.2) is 43.0 Å². The summed E-state index contributed by atoms with van der Waals surface area (Å²) in [5.41, 5.74) is 3.69. The Bertz CT molecular complexity index is 365. The molecule has 0 aliphatic carbocycles.